The van der Waals surface area contributed by atoms with Crippen LogP contribution in [0.15, 0.2) is 194 Å². The van der Waals surface area contributed by atoms with Crippen molar-refractivity contribution >= 4 is 32.4 Å². The average Bonchev–Trinajstić information content (AvgIpc) is 3.26. The molecule has 0 atom stereocenters. The van der Waals surface area contributed by atoms with Crippen molar-refractivity contribution in [3.63, 3.8) is 0 Å². The van der Waals surface area contributed by atoms with Crippen LogP contribution in [0.3, 0.4) is 0 Å². The quantitative estimate of drug-likeness (QED) is 0.163. The Morgan fingerprint density at radius 2 is 0.704 bits per heavy atom. The Kier molecular flexibility index (Phi) is 7.77. The first-order chi connectivity index (χ1) is 26.8. The summed E-state index contributed by atoms with van der Waals surface area (Å²) >= 11 is 0. The zero-order valence-electron chi connectivity index (χ0n) is 29.3. The van der Waals surface area contributed by atoms with Gasteiger partial charge in [0.15, 0.2) is 17.5 Å². The first-order valence-corrected chi connectivity index (χ1v) is 18.1. The van der Waals surface area contributed by atoms with Gasteiger partial charge in [0.1, 0.15) is 0 Å². The molecule has 4 nitrogen and oxygen atoms in total. The van der Waals surface area contributed by atoms with Crippen LogP contribution in [0.4, 0.5) is 0 Å². The second-order valence-electron chi connectivity index (χ2n) is 13.5. The van der Waals surface area contributed by atoms with Gasteiger partial charge in [0, 0.05) is 33.8 Å². The zero-order valence-corrected chi connectivity index (χ0v) is 29.3. The summed E-state index contributed by atoms with van der Waals surface area (Å²) in [6.45, 7) is 0. The molecule has 0 bridgehead atoms. The van der Waals surface area contributed by atoms with Crippen LogP contribution >= 0.6 is 0 Å². The highest BCUT2D eigenvalue weighted by Gasteiger charge is 2.17. The molecule has 0 radical (unpaired) electrons. The Morgan fingerprint density at radius 1 is 0.259 bits per heavy atom. The molecule has 2 heterocycles. The van der Waals surface area contributed by atoms with E-state index < -0.39 is 0 Å². The van der Waals surface area contributed by atoms with Crippen molar-refractivity contribution in [3.05, 3.63) is 194 Å². The molecule has 10 rings (SSSR count). The van der Waals surface area contributed by atoms with Crippen LogP contribution in [-0.4, -0.2) is 19.9 Å². The molecule has 0 saturated heterocycles. The van der Waals surface area contributed by atoms with E-state index >= 15 is 0 Å². The van der Waals surface area contributed by atoms with E-state index in [2.05, 4.69) is 121 Å². The molecule has 0 unspecified atom stereocenters. The average molecular weight is 689 g/mol. The summed E-state index contributed by atoms with van der Waals surface area (Å²) in [5.41, 5.74) is 10.6. The summed E-state index contributed by atoms with van der Waals surface area (Å²) < 4.78 is 0. The van der Waals surface area contributed by atoms with Crippen molar-refractivity contribution < 1.29 is 0 Å². The van der Waals surface area contributed by atoms with Gasteiger partial charge >= 0.3 is 0 Å². The Balaban J connectivity index is 1.11. The summed E-state index contributed by atoms with van der Waals surface area (Å²) in [5.74, 6) is 1.92. The highest BCUT2D eigenvalue weighted by Crippen LogP contribution is 2.42. The molecule has 0 amide bonds. The van der Waals surface area contributed by atoms with Crippen molar-refractivity contribution in [2.75, 3.05) is 0 Å². The molecule has 252 valence electrons. The number of pyridine rings is 1. The molecule has 0 saturated carbocycles. The number of aromatic nitrogens is 4. The lowest BCUT2D eigenvalue weighted by Gasteiger charge is -2.16. The Labute approximate surface area is 313 Å². The van der Waals surface area contributed by atoms with Gasteiger partial charge in [-0.2, -0.15) is 0 Å². The SMILES string of the molecule is c1ccc(-c2nc(-c3ccccc3)nc(-c3cccc(-c4cccc(-c5cc6c7ccccc7c(-c7ccccc7)cc6c6cccnc56)c4)c3)n2)cc1. The van der Waals surface area contributed by atoms with Gasteiger partial charge in [0.25, 0.3) is 0 Å². The number of hydrogen-bond donors (Lipinski definition) is 0. The maximum Gasteiger partial charge on any atom is 0.164 e. The normalized spacial score (nSPS) is 11.3. The summed E-state index contributed by atoms with van der Waals surface area (Å²) in [4.78, 5) is 19.8. The number of nitrogens with zero attached hydrogens (tertiary/aromatic N) is 4. The molecular weight excluding hydrogens is 657 g/mol. The molecule has 0 spiro atoms. The van der Waals surface area contributed by atoms with Crippen LogP contribution in [0.5, 0.6) is 0 Å². The van der Waals surface area contributed by atoms with Gasteiger partial charge in [-0.3, -0.25) is 4.98 Å². The molecule has 0 N–H and O–H groups in total. The second kappa shape index (κ2) is 13.4. The van der Waals surface area contributed by atoms with Crippen LogP contribution in [0.1, 0.15) is 0 Å². The smallest absolute Gasteiger partial charge is 0.164 e. The number of benzene rings is 8. The number of hydrogen-bond acceptors (Lipinski definition) is 4. The lowest BCUT2D eigenvalue weighted by molar-refractivity contribution is 1.07. The van der Waals surface area contributed by atoms with E-state index in [0.717, 1.165) is 49.8 Å². The third-order valence-corrected chi connectivity index (χ3v) is 10.1. The van der Waals surface area contributed by atoms with E-state index in [9.17, 15) is 0 Å². The van der Waals surface area contributed by atoms with Crippen LogP contribution in [0.2, 0.25) is 0 Å². The molecular formula is C50H32N4. The highest BCUT2D eigenvalue weighted by atomic mass is 15.0. The molecule has 4 heteroatoms. The van der Waals surface area contributed by atoms with E-state index in [1.165, 1.54) is 32.7 Å². The molecule has 8 aromatic carbocycles. The van der Waals surface area contributed by atoms with Gasteiger partial charge in [0.2, 0.25) is 0 Å². The Bertz CT molecular complexity index is 2920. The predicted octanol–water partition coefficient (Wildman–Crippen LogP) is 12.7. The maximum atomic E-state index is 4.99. The largest absolute Gasteiger partial charge is 0.256 e. The van der Waals surface area contributed by atoms with E-state index in [-0.39, 0.29) is 0 Å². The van der Waals surface area contributed by atoms with Gasteiger partial charge in [-0.15, -0.1) is 0 Å². The first-order valence-electron chi connectivity index (χ1n) is 18.1. The van der Waals surface area contributed by atoms with Crippen LogP contribution in [0.25, 0.3) is 100.0 Å². The minimum Gasteiger partial charge on any atom is -0.256 e. The minimum atomic E-state index is 0.632. The zero-order chi connectivity index (χ0) is 35.8. The second-order valence-corrected chi connectivity index (χ2v) is 13.5. The topological polar surface area (TPSA) is 51.6 Å². The first kappa shape index (κ1) is 31.4. The van der Waals surface area contributed by atoms with E-state index in [1.807, 2.05) is 72.9 Å². The predicted molar refractivity (Wildman–Crippen MR) is 223 cm³/mol. The summed E-state index contributed by atoms with van der Waals surface area (Å²) in [6.07, 6.45) is 1.90. The van der Waals surface area contributed by atoms with Crippen LogP contribution in [0, 0.1) is 0 Å². The van der Waals surface area contributed by atoms with E-state index in [1.54, 1.807) is 0 Å². The van der Waals surface area contributed by atoms with Crippen molar-refractivity contribution in [2.24, 2.45) is 0 Å². The summed E-state index contributed by atoms with van der Waals surface area (Å²) in [6, 6.07) is 65.7. The lowest BCUT2D eigenvalue weighted by atomic mass is 9.88. The molecule has 0 aliphatic heterocycles. The highest BCUT2D eigenvalue weighted by molar-refractivity contribution is 6.23. The van der Waals surface area contributed by atoms with Gasteiger partial charge in [0.05, 0.1) is 5.52 Å². The fourth-order valence-electron chi connectivity index (χ4n) is 7.54. The van der Waals surface area contributed by atoms with E-state index in [0.29, 0.717) is 17.5 Å². The fraction of sp³-hybridized carbons (Fsp3) is 0. The summed E-state index contributed by atoms with van der Waals surface area (Å²) in [7, 11) is 0. The van der Waals surface area contributed by atoms with Gasteiger partial charge in [-0.1, -0.05) is 158 Å². The Hall–Kier alpha value is -7.30. The molecule has 0 fully saturated rings. The molecule has 10 aromatic rings. The standard InChI is InChI=1S/C50H32N4/c1-4-15-33(16-5-1)43-31-46-42-27-14-28-51-47(42)44(32-45(46)41-26-11-10-25-40(41)43)38-23-12-21-36(29-38)37-22-13-24-39(30-37)50-53-48(34-17-6-2-7-18-34)52-49(54-50)35-19-8-3-9-20-35/h1-32H. The molecule has 2 aromatic heterocycles. The fourth-order valence-corrected chi connectivity index (χ4v) is 7.54. The minimum absolute atomic E-state index is 0.632. The molecule has 54 heavy (non-hydrogen) atoms. The molecule has 0 aliphatic rings. The van der Waals surface area contributed by atoms with Gasteiger partial charge in [-0.25, -0.2) is 15.0 Å². The lowest BCUT2D eigenvalue weighted by Crippen LogP contribution is -2.00. The number of rotatable bonds is 6. The Morgan fingerprint density at radius 3 is 1.35 bits per heavy atom. The van der Waals surface area contributed by atoms with Crippen molar-refractivity contribution in [1.82, 2.24) is 19.9 Å². The van der Waals surface area contributed by atoms with Crippen molar-refractivity contribution in [1.29, 1.82) is 0 Å². The monoisotopic (exact) mass is 688 g/mol. The van der Waals surface area contributed by atoms with E-state index in [4.69, 9.17) is 19.9 Å². The van der Waals surface area contributed by atoms with Crippen molar-refractivity contribution in [2.45, 2.75) is 0 Å². The van der Waals surface area contributed by atoms with Crippen LogP contribution in [-0.2, 0) is 0 Å². The van der Waals surface area contributed by atoms with Crippen LogP contribution < -0.4 is 0 Å². The van der Waals surface area contributed by atoms with Gasteiger partial charge in [-0.05, 0) is 79.7 Å². The maximum absolute atomic E-state index is 4.99. The van der Waals surface area contributed by atoms with Gasteiger partial charge < -0.3 is 0 Å². The number of fused-ring (bicyclic) bond motifs is 5. The molecule has 0 aliphatic carbocycles. The summed E-state index contributed by atoms with van der Waals surface area (Å²) in [5, 5.41) is 6.02. The third-order valence-electron chi connectivity index (χ3n) is 10.1. The third kappa shape index (κ3) is 5.67. The van der Waals surface area contributed by atoms with Crippen molar-refractivity contribution in [3.8, 4) is 67.5 Å².